The highest BCUT2D eigenvalue weighted by molar-refractivity contribution is 7.17. The molecule has 0 atom stereocenters. The fourth-order valence-electron chi connectivity index (χ4n) is 2.40. The number of nitrogens with two attached hydrogens (primary N) is 1. The van der Waals surface area contributed by atoms with Crippen molar-refractivity contribution in [3.05, 3.63) is 41.5 Å². The molecule has 0 saturated heterocycles. The first-order valence-electron chi connectivity index (χ1n) is 7.03. The highest BCUT2D eigenvalue weighted by Crippen LogP contribution is 2.36. The van der Waals surface area contributed by atoms with Gasteiger partial charge in [-0.1, -0.05) is 51.1 Å². The van der Waals surface area contributed by atoms with E-state index in [1.165, 1.54) is 0 Å². The Hall–Kier alpha value is -1.94. The van der Waals surface area contributed by atoms with Crippen LogP contribution in [0.3, 0.4) is 0 Å². The van der Waals surface area contributed by atoms with Gasteiger partial charge in [0.15, 0.2) is 0 Å². The van der Waals surface area contributed by atoms with Crippen molar-refractivity contribution in [2.45, 2.75) is 27.2 Å². The maximum atomic E-state index is 6.21. The minimum absolute atomic E-state index is 0.152. The minimum Gasteiger partial charge on any atom is -0.383 e. The summed E-state index contributed by atoms with van der Waals surface area (Å²) in [5.74, 6) is 1.41. The topological polar surface area (TPSA) is 51.8 Å². The van der Waals surface area contributed by atoms with Crippen LogP contribution in [0, 0.1) is 5.41 Å². The Morgan fingerprint density at radius 3 is 2.48 bits per heavy atom. The third kappa shape index (κ3) is 2.90. The van der Waals surface area contributed by atoms with Crippen molar-refractivity contribution in [2.75, 3.05) is 5.73 Å². The molecule has 0 spiro atoms. The van der Waals surface area contributed by atoms with Gasteiger partial charge in [0.25, 0.3) is 0 Å². The lowest BCUT2D eigenvalue weighted by atomic mass is 9.92. The number of fused-ring (bicyclic) bond motifs is 1. The monoisotopic (exact) mass is 297 g/mol. The van der Waals surface area contributed by atoms with E-state index in [-0.39, 0.29) is 5.41 Å². The predicted molar refractivity (Wildman–Crippen MR) is 90.4 cm³/mol. The molecule has 0 bridgehead atoms. The van der Waals surface area contributed by atoms with E-state index in [4.69, 9.17) is 10.7 Å². The van der Waals surface area contributed by atoms with Crippen LogP contribution in [0.25, 0.3) is 21.3 Å². The fraction of sp³-hybridized carbons (Fsp3) is 0.294. The maximum Gasteiger partial charge on any atom is 0.136 e. The van der Waals surface area contributed by atoms with E-state index in [9.17, 15) is 0 Å². The van der Waals surface area contributed by atoms with Gasteiger partial charge in [-0.05, 0) is 11.0 Å². The van der Waals surface area contributed by atoms with Gasteiger partial charge in [0.1, 0.15) is 16.5 Å². The van der Waals surface area contributed by atoms with Gasteiger partial charge in [0, 0.05) is 17.4 Å². The van der Waals surface area contributed by atoms with Gasteiger partial charge >= 0.3 is 0 Å². The van der Waals surface area contributed by atoms with Crippen LogP contribution in [0.15, 0.2) is 35.7 Å². The number of aromatic nitrogens is 2. The quantitative estimate of drug-likeness (QED) is 0.756. The van der Waals surface area contributed by atoms with E-state index in [1.54, 1.807) is 11.3 Å². The van der Waals surface area contributed by atoms with Gasteiger partial charge in [-0.25, -0.2) is 9.97 Å². The standard InChI is InChI=1S/C17H19N3S/c1-17(2,3)9-13-19-15(18)14-12(10-21-16(14)20-13)11-7-5-4-6-8-11/h4-8,10H,9H2,1-3H3,(H2,18,19,20). The SMILES string of the molecule is CC(C)(C)Cc1nc(N)c2c(-c3ccccc3)csc2n1. The molecule has 4 heteroatoms. The third-order valence-corrected chi connectivity index (χ3v) is 4.15. The summed E-state index contributed by atoms with van der Waals surface area (Å²) in [5.41, 5.74) is 8.64. The lowest BCUT2D eigenvalue weighted by Gasteiger charge is -2.16. The Morgan fingerprint density at radius 2 is 1.81 bits per heavy atom. The number of anilines is 1. The summed E-state index contributed by atoms with van der Waals surface area (Å²) in [6.45, 7) is 6.54. The molecule has 21 heavy (non-hydrogen) atoms. The Labute approximate surface area is 128 Å². The van der Waals surface area contributed by atoms with Crippen LogP contribution >= 0.6 is 11.3 Å². The summed E-state index contributed by atoms with van der Waals surface area (Å²) in [5, 5.41) is 3.09. The molecule has 0 radical (unpaired) electrons. The maximum absolute atomic E-state index is 6.21. The predicted octanol–water partition coefficient (Wildman–Crippen LogP) is 4.53. The van der Waals surface area contributed by atoms with E-state index < -0.39 is 0 Å². The normalized spacial score (nSPS) is 12.0. The van der Waals surface area contributed by atoms with Crippen molar-refractivity contribution in [1.82, 2.24) is 9.97 Å². The zero-order valence-corrected chi connectivity index (χ0v) is 13.4. The molecular weight excluding hydrogens is 278 g/mol. The lowest BCUT2D eigenvalue weighted by molar-refractivity contribution is 0.401. The molecule has 3 rings (SSSR count). The average molecular weight is 297 g/mol. The van der Waals surface area contributed by atoms with Crippen LogP contribution in [-0.2, 0) is 6.42 Å². The zero-order chi connectivity index (χ0) is 15.0. The van der Waals surface area contributed by atoms with Crippen molar-refractivity contribution >= 4 is 27.4 Å². The lowest BCUT2D eigenvalue weighted by Crippen LogP contribution is -2.12. The Balaban J connectivity index is 2.12. The summed E-state index contributed by atoms with van der Waals surface area (Å²) in [7, 11) is 0. The van der Waals surface area contributed by atoms with E-state index in [2.05, 4.69) is 43.3 Å². The summed E-state index contributed by atoms with van der Waals surface area (Å²) in [6, 6.07) is 10.3. The summed E-state index contributed by atoms with van der Waals surface area (Å²) in [6.07, 6.45) is 0.825. The van der Waals surface area contributed by atoms with Crippen LogP contribution in [-0.4, -0.2) is 9.97 Å². The molecule has 0 aliphatic carbocycles. The third-order valence-electron chi connectivity index (χ3n) is 3.28. The average Bonchev–Trinajstić information content (AvgIpc) is 2.82. The molecule has 0 unspecified atom stereocenters. The number of thiophene rings is 1. The molecule has 2 N–H and O–H groups in total. The largest absolute Gasteiger partial charge is 0.383 e. The highest BCUT2D eigenvalue weighted by Gasteiger charge is 2.17. The molecule has 0 aliphatic heterocycles. The van der Waals surface area contributed by atoms with E-state index >= 15 is 0 Å². The zero-order valence-electron chi connectivity index (χ0n) is 12.6. The molecule has 1 aromatic carbocycles. The van der Waals surface area contributed by atoms with Crippen LogP contribution < -0.4 is 5.73 Å². The van der Waals surface area contributed by atoms with Crippen molar-refractivity contribution < 1.29 is 0 Å². The molecule has 108 valence electrons. The van der Waals surface area contributed by atoms with E-state index in [0.717, 1.165) is 33.6 Å². The Bertz CT molecular complexity index is 770. The van der Waals surface area contributed by atoms with Crippen molar-refractivity contribution in [2.24, 2.45) is 5.41 Å². The number of nitrogen functional groups attached to an aromatic ring is 1. The number of rotatable bonds is 2. The second kappa shape index (κ2) is 5.11. The second-order valence-corrected chi connectivity index (χ2v) is 7.32. The molecule has 2 heterocycles. The first kappa shape index (κ1) is 14.0. The molecule has 3 nitrogen and oxygen atoms in total. The summed E-state index contributed by atoms with van der Waals surface area (Å²) >= 11 is 1.63. The number of hydrogen-bond acceptors (Lipinski definition) is 4. The van der Waals surface area contributed by atoms with Crippen molar-refractivity contribution in [3.8, 4) is 11.1 Å². The van der Waals surface area contributed by atoms with Gasteiger partial charge < -0.3 is 5.73 Å². The van der Waals surface area contributed by atoms with Crippen molar-refractivity contribution in [1.29, 1.82) is 0 Å². The van der Waals surface area contributed by atoms with Crippen LogP contribution in [0.5, 0.6) is 0 Å². The smallest absolute Gasteiger partial charge is 0.136 e. The number of benzene rings is 1. The number of nitrogens with zero attached hydrogens (tertiary/aromatic N) is 2. The van der Waals surface area contributed by atoms with E-state index in [1.807, 2.05) is 18.2 Å². The highest BCUT2D eigenvalue weighted by atomic mass is 32.1. The fourth-order valence-corrected chi connectivity index (χ4v) is 3.37. The van der Waals surface area contributed by atoms with Gasteiger partial charge in [0.05, 0.1) is 5.39 Å². The van der Waals surface area contributed by atoms with Crippen LogP contribution in [0.4, 0.5) is 5.82 Å². The van der Waals surface area contributed by atoms with E-state index in [0.29, 0.717) is 5.82 Å². The van der Waals surface area contributed by atoms with Gasteiger partial charge in [0.2, 0.25) is 0 Å². The molecule has 0 amide bonds. The molecule has 3 aromatic rings. The minimum atomic E-state index is 0.152. The van der Waals surface area contributed by atoms with Gasteiger partial charge in [-0.3, -0.25) is 0 Å². The van der Waals surface area contributed by atoms with Crippen LogP contribution in [0.2, 0.25) is 0 Å². The molecule has 0 aliphatic rings. The Morgan fingerprint density at radius 1 is 1.10 bits per heavy atom. The number of hydrogen-bond donors (Lipinski definition) is 1. The summed E-state index contributed by atoms with van der Waals surface area (Å²) in [4.78, 5) is 10.2. The molecule has 0 fully saturated rings. The first-order chi connectivity index (χ1) is 9.94. The first-order valence-corrected chi connectivity index (χ1v) is 7.91. The van der Waals surface area contributed by atoms with Gasteiger partial charge in [-0.2, -0.15) is 0 Å². The van der Waals surface area contributed by atoms with Crippen LogP contribution in [0.1, 0.15) is 26.6 Å². The molecular formula is C17H19N3S. The summed E-state index contributed by atoms with van der Waals surface area (Å²) < 4.78 is 0. The molecule has 0 saturated carbocycles. The van der Waals surface area contributed by atoms with Gasteiger partial charge in [-0.15, -0.1) is 11.3 Å². The van der Waals surface area contributed by atoms with Crippen molar-refractivity contribution in [3.63, 3.8) is 0 Å². The second-order valence-electron chi connectivity index (χ2n) is 6.46. The molecule has 2 aromatic heterocycles. The Kier molecular flexibility index (Phi) is 3.41.